The SMILES string of the molecule is CC(C)N(C)C(=O)OC(=O)c1ccccc1. The smallest absolute Gasteiger partial charge is 0.372 e. The zero-order chi connectivity index (χ0) is 12.1. The molecule has 0 heterocycles. The van der Waals surface area contributed by atoms with E-state index in [1.807, 2.05) is 13.8 Å². The molecule has 1 aromatic rings. The lowest BCUT2D eigenvalue weighted by Gasteiger charge is -2.19. The third-order valence-electron chi connectivity index (χ3n) is 2.25. The van der Waals surface area contributed by atoms with Crippen molar-refractivity contribution in [1.29, 1.82) is 0 Å². The lowest BCUT2D eigenvalue weighted by atomic mass is 10.2. The molecule has 0 atom stereocenters. The fraction of sp³-hybridized carbons (Fsp3) is 0.333. The first-order chi connectivity index (χ1) is 7.52. The quantitative estimate of drug-likeness (QED) is 0.568. The summed E-state index contributed by atoms with van der Waals surface area (Å²) in [5.41, 5.74) is 0.369. The Balaban J connectivity index is 2.62. The lowest BCUT2D eigenvalue weighted by Crippen LogP contribution is -2.34. The molecular weight excluding hydrogens is 206 g/mol. The third-order valence-corrected chi connectivity index (χ3v) is 2.25. The molecule has 0 bridgehead atoms. The van der Waals surface area contributed by atoms with E-state index in [0.717, 1.165) is 0 Å². The molecule has 4 heteroatoms. The predicted molar refractivity (Wildman–Crippen MR) is 60.2 cm³/mol. The van der Waals surface area contributed by atoms with Crippen LogP contribution in [-0.4, -0.2) is 30.1 Å². The number of amides is 1. The van der Waals surface area contributed by atoms with Gasteiger partial charge in [-0.05, 0) is 26.0 Å². The largest absolute Gasteiger partial charge is 0.417 e. The van der Waals surface area contributed by atoms with Crippen LogP contribution in [-0.2, 0) is 4.74 Å². The molecule has 0 aliphatic rings. The Morgan fingerprint density at radius 3 is 2.25 bits per heavy atom. The Hall–Kier alpha value is -1.84. The summed E-state index contributed by atoms with van der Waals surface area (Å²) in [5.74, 6) is -0.627. The molecule has 0 aliphatic heterocycles. The molecule has 0 N–H and O–H groups in total. The maximum atomic E-state index is 11.5. The van der Waals surface area contributed by atoms with E-state index >= 15 is 0 Å². The van der Waals surface area contributed by atoms with Crippen LogP contribution in [0.3, 0.4) is 0 Å². The van der Waals surface area contributed by atoms with Crippen LogP contribution in [0.4, 0.5) is 4.79 Å². The van der Waals surface area contributed by atoms with E-state index < -0.39 is 12.1 Å². The van der Waals surface area contributed by atoms with Crippen LogP contribution in [0.15, 0.2) is 30.3 Å². The van der Waals surface area contributed by atoms with Gasteiger partial charge < -0.3 is 9.64 Å². The molecule has 86 valence electrons. The van der Waals surface area contributed by atoms with Crippen LogP contribution in [0.2, 0.25) is 0 Å². The Morgan fingerprint density at radius 2 is 1.75 bits per heavy atom. The van der Waals surface area contributed by atoms with Crippen molar-refractivity contribution in [2.45, 2.75) is 19.9 Å². The molecule has 1 amide bonds. The lowest BCUT2D eigenvalue weighted by molar-refractivity contribution is 0.0541. The van der Waals surface area contributed by atoms with Crippen molar-refractivity contribution in [3.8, 4) is 0 Å². The summed E-state index contributed by atoms with van der Waals surface area (Å²) in [6.07, 6.45) is -0.635. The van der Waals surface area contributed by atoms with E-state index in [-0.39, 0.29) is 6.04 Å². The molecule has 16 heavy (non-hydrogen) atoms. The topological polar surface area (TPSA) is 46.6 Å². The molecule has 4 nitrogen and oxygen atoms in total. The minimum absolute atomic E-state index is 0.00364. The maximum absolute atomic E-state index is 11.5. The third kappa shape index (κ3) is 3.08. The van der Waals surface area contributed by atoms with Gasteiger partial charge in [0.25, 0.3) is 0 Å². The molecule has 0 aliphatic carbocycles. The van der Waals surface area contributed by atoms with E-state index in [1.54, 1.807) is 37.4 Å². The van der Waals surface area contributed by atoms with E-state index in [1.165, 1.54) is 4.90 Å². The van der Waals surface area contributed by atoms with E-state index in [0.29, 0.717) is 5.56 Å². The van der Waals surface area contributed by atoms with Gasteiger partial charge in [0.15, 0.2) is 0 Å². The maximum Gasteiger partial charge on any atom is 0.417 e. The first-order valence-corrected chi connectivity index (χ1v) is 5.06. The zero-order valence-electron chi connectivity index (χ0n) is 9.64. The summed E-state index contributed by atoms with van der Waals surface area (Å²) in [5, 5.41) is 0. The van der Waals surface area contributed by atoms with Crippen molar-refractivity contribution in [1.82, 2.24) is 4.90 Å². The summed E-state index contributed by atoms with van der Waals surface area (Å²) in [6.45, 7) is 3.68. The van der Waals surface area contributed by atoms with E-state index in [2.05, 4.69) is 0 Å². The minimum Gasteiger partial charge on any atom is -0.372 e. The Labute approximate surface area is 94.8 Å². The van der Waals surface area contributed by atoms with Gasteiger partial charge in [-0.3, -0.25) is 0 Å². The van der Waals surface area contributed by atoms with Gasteiger partial charge in [-0.25, -0.2) is 9.59 Å². The molecule has 0 saturated heterocycles. The number of ether oxygens (including phenoxy) is 1. The van der Waals surface area contributed by atoms with Crippen LogP contribution in [0.5, 0.6) is 0 Å². The van der Waals surface area contributed by atoms with Crippen molar-refractivity contribution in [3.05, 3.63) is 35.9 Å². The summed E-state index contributed by atoms with van der Waals surface area (Å²) < 4.78 is 4.71. The standard InChI is InChI=1S/C12H15NO3/c1-9(2)13(3)12(15)16-11(14)10-7-5-4-6-8-10/h4-9H,1-3H3. The first-order valence-electron chi connectivity index (χ1n) is 5.06. The van der Waals surface area contributed by atoms with Crippen molar-refractivity contribution in [2.75, 3.05) is 7.05 Å². The van der Waals surface area contributed by atoms with Gasteiger partial charge in [0.05, 0.1) is 5.56 Å². The Kier molecular flexibility index (Phi) is 4.05. The Bertz CT molecular complexity index is 373. The number of carbonyl (C=O) groups is 2. The molecule has 0 radical (unpaired) electrons. The average Bonchev–Trinajstić information content (AvgIpc) is 2.28. The van der Waals surface area contributed by atoms with Crippen molar-refractivity contribution >= 4 is 12.1 Å². The number of hydrogen-bond acceptors (Lipinski definition) is 3. The summed E-state index contributed by atoms with van der Waals surface area (Å²) in [7, 11) is 1.59. The van der Waals surface area contributed by atoms with Gasteiger partial charge in [-0.2, -0.15) is 0 Å². The molecule has 0 aromatic heterocycles. The van der Waals surface area contributed by atoms with Gasteiger partial charge in [-0.1, -0.05) is 18.2 Å². The number of rotatable bonds is 2. The van der Waals surface area contributed by atoms with Gasteiger partial charge in [0.1, 0.15) is 0 Å². The molecule has 1 aromatic carbocycles. The molecule has 0 fully saturated rings. The van der Waals surface area contributed by atoms with Crippen LogP contribution < -0.4 is 0 Å². The number of carbonyl (C=O) groups excluding carboxylic acids is 2. The van der Waals surface area contributed by atoms with Gasteiger partial charge in [0.2, 0.25) is 0 Å². The highest BCUT2D eigenvalue weighted by Gasteiger charge is 2.18. The highest BCUT2D eigenvalue weighted by molar-refractivity contribution is 5.96. The van der Waals surface area contributed by atoms with Crippen molar-refractivity contribution < 1.29 is 14.3 Å². The van der Waals surface area contributed by atoms with Crippen LogP contribution in [0, 0.1) is 0 Å². The van der Waals surface area contributed by atoms with Crippen LogP contribution >= 0.6 is 0 Å². The second kappa shape index (κ2) is 5.30. The van der Waals surface area contributed by atoms with Crippen molar-refractivity contribution in [3.63, 3.8) is 0 Å². The monoisotopic (exact) mass is 221 g/mol. The zero-order valence-corrected chi connectivity index (χ0v) is 9.64. The normalized spacial score (nSPS) is 10.0. The molecule has 0 unspecified atom stereocenters. The van der Waals surface area contributed by atoms with Crippen LogP contribution in [0.25, 0.3) is 0 Å². The number of hydrogen-bond donors (Lipinski definition) is 0. The molecular formula is C12H15NO3. The molecule has 1 rings (SSSR count). The highest BCUT2D eigenvalue weighted by Crippen LogP contribution is 2.04. The number of benzene rings is 1. The minimum atomic E-state index is -0.635. The van der Waals surface area contributed by atoms with Crippen molar-refractivity contribution in [2.24, 2.45) is 0 Å². The fourth-order valence-corrected chi connectivity index (χ4v) is 0.995. The average molecular weight is 221 g/mol. The fourth-order valence-electron chi connectivity index (χ4n) is 0.995. The predicted octanol–water partition coefficient (Wildman–Crippen LogP) is 2.30. The highest BCUT2D eigenvalue weighted by atomic mass is 16.6. The van der Waals surface area contributed by atoms with E-state index in [9.17, 15) is 9.59 Å². The van der Waals surface area contributed by atoms with E-state index in [4.69, 9.17) is 4.74 Å². The van der Waals surface area contributed by atoms with Gasteiger partial charge in [0, 0.05) is 13.1 Å². The summed E-state index contributed by atoms with van der Waals surface area (Å²) in [4.78, 5) is 24.3. The summed E-state index contributed by atoms with van der Waals surface area (Å²) >= 11 is 0. The number of nitrogens with zero attached hydrogens (tertiary/aromatic N) is 1. The van der Waals surface area contributed by atoms with Crippen LogP contribution in [0.1, 0.15) is 24.2 Å². The summed E-state index contributed by atoms with van der Waals surface area (Å²) in [6, 6.07) is 8.42. The second-order valence-electron chi connectivity index (χ2n) is 3.73. The van der Waals surface area contributed by atoms with Gasteiger partial charge >= 0.3 is 12.1 Å². The Morgan fingerprint density at radius 1 is 1.19 bits per heavy atom. The van der Waals surface area contributed by atoms with Gasteiger partial charge in [-0.15, -0.1) is 0 Å². The molecule has 0 spiro atoms. The molecule has 0 saturated carbocycles. The second-order valence-corrected chi connectivity index (χ2v) is 3.73. The number of esters is 1. The first kappa shape index (κ1) is 12.2.